The van der Waals surface area contributed by atoms with Crippen LogP contribution >= 0.6 is 11.6 Å². The van der Waals surface area contributed by atoms with Crippen molar-refractivity contribution in [3.8, 4) is 17.3 Å². The molecule has 1 aromatic carbocycles. The van der Waals surface area contributed by atoms with Gasteiger partial charge in [0.1, 0.15) is 24.4 Å². The molecule has 0 amide bonds. The molecule has 0 aliphatic carbocycles. The second kappa shape index (κ2) is 6.35. The molecule has 0 spiro atoms. The zero-order chi connectivity index (χ0) is 19.3. The molecule has 0 aliphatic rings. The van der Waals surface area contributed by atoms with Gasteiger partial charge in [0.05, 0.1) is 11.6 Å². The lowest BCUT2D eigenvalue weighted by Gasteiger charge is -2.05. The minimum absolute atomic E-state index is 0.294. The Morgan fingerprint density at radius 2 is 2.07 bits per heavy atom. The maximum atomic E-state index is 6.04. The summed E-state index contributed by atoms with van der Waals surface area (Å²) in [6, 6.07) is 9.21. The van der Waals surface area contributed by atoms with Gasteiger partial charge in [-0.25, -0.2) is 14.5 Å². The molecule has 9 heteroatoms. The van der Waals surface area contributed by atoms with E-state index in [0.717, 1.165) is 22.3 Å². The van der Waals surface area contributed by atoms with Gasteiger partial charge in [-0.05, 0) is 42.8 Å². The van der Waals surface area contributed by atoms with Gasteiger partial charge in [0.2, 0.25) is 5.82 Å². The third kappa shape index (κ3) is 2.78. The molecule has 0 unspecified atom stereocenters. The van der Waals surface area contributed by atoms with Crippen LogP contribution in [0, 0.1) is 6.92 Å². The lowest BCUT2D eigenvalue weighted by molar-refractivity contribution is 0.271. The fourth-order valence-electron chi connectivity index (χ4n) is 2.98. The van der Waals surface area contributed by atoms with Gasteiger partial charge in [-0.1, -0.05) is 11.6 Å². The SMILES string of the molecule is Cc1cc(OCc2ccc(-c3nc4c5cnn(C)c5ncn4n3)o2)ccc1Cl. The third-order valence-corrected chi connectivity index (χ3v) is 4.89. The van der Waals surface area contributed by atoms with Crippen LogP contribution in [0.4, 0.5) is 0 Å². The Balaban J connectivity index is 1.41. The van der Waals surface area contributed by atoms with Crippen LogP contribution in [-0.4, -0.2) is 29.4 Å². The molecule has 0 atom stereocenters. The highest BCUT2D eigenvalue weighted by Crippen LogP contribution is 2.25. The summed E-state index contributed by atoms with van der Waals surface area (Å²) in [5, 5.41) is 10.2. The zero-order valence-corrected chi connectivity index (χ0v) is 15.9. The van der Waals surface area contributed by atoms with Crippen molar-refractivity contribution in [3.63, 3.8) is 0 Å². The van der Waals surface area contributed by atoms with E-state index in [0.29, 0.717) is 34.6 Å². The highest BCUT2D eigenvalue weighted by Gasteiger charge is 2.15. The summed E-state index contributed by atoms with van der Waals surface area (Å²) >= 11 is 6.04. The summed E-state index contributed by atoms with van der Waals surface area (Å²) in [5.74, 6) is 2.44. The summed E-state index contributed by atoms with van der Waals surface area (Å²) in [4.78, 5) is 8.94. The van der Waals surface area contributed by atoms with Gasteiger partial charge in [-0.3, -0.25) is 4.68 Å². The number of hydrogen-bond acceptors (Lipinski definition) is 6. The van der Waals surface area contributed by atoms with Gasteiger partial charge < -0.3 is 9.15 Å². The Hall–Kier alpha value is -3.39. The number of aromatic nitrogens is 6. The molecular formula is C19H15ClN6O2. The van der Waals surface area contributed by atoms with Gasteiger partial charge in [0.25, 0.3) is 0 Å². The number of ether oxygens (including phenoxy) is 1. The van der Waals surface area contributed by atoms with Crippen LogP contribution in [0.15, 0.2) is 47.3 Å². The van der Waals surface area contributed by atoms with Crippen LogP contribution in [-0.2, 0) is 13.7 Å². The Bertz CT molecular complexity index is 1320. The minimum atomic E-state index is 0.294. The van der Waals surface area contributed by atoms with E-state index in [9.17, 15) is 0 Å². The molecule has 5 aromatic rings. The molecule has 5 rings (SSSR count). The summed E-state index contributed by atoms with van der Waals surface area (Å²) in [5.41, 5.74) is 2.39. The van der Waals surface area contributed by atoms with E-state index in [1.54, 1.807) is 21.7 Å². The third-order valence-electron chi connectivity index (χ3n) is 4.46. The second-order valence-electron chi connectivity index (χ2n) is 6.42. The first-order valence-corrected chi connectivity index (χ1v) is 8.97. The van der Waals surface area contributed by atoms with Crippen LogP contribution in [0.2, 0.25) is 5.02 Å². The largest absolute Gasteiger partial charge is 0.486 e. The fraction of sp³-hybridized carbons (Fsp3) is 0.158. The minimum Gasteiger partial charge on any atom is -0.486 e. The average molecular weight is 395 g/mol. The topological polar surface area (TPSA) is 83.3 Å². The van der Waals surface area contributed by atoms with Gasteiger partial charge in [0, 0.05) is 12.1 Å². The number of benzene rings is 1. The van der Waals surface area contributed by atoms with E-state index < -0.39 is 0 Å². The van der Waals surface area contributed by atoms with Gasteiger partial charge in [-0.15, -0.1) is 5.10 Å². The lowest BCUT2D eigenvalue weighted by atomic mass is 10.2. The van der Waals surface area contributed by atoms with Gasteiger partial charge >= 0.3 is 0 Å². The molecule has 140 valence electrons. The van der Waals surface area contributed by atoms with E-state index in [1.807, 2.05) is 44.3 Å². The first-order valence-electron chi connectivity index (χ1n) is 8.59. The van der Waals surface area contributed by atoms with Crippen molar-refractivity contribution in [3.05, 3.63) is 59.2 Å². The van der Waals surface area contributed by atoms with Crippen LogP contribution in [0.5, 0.6) is 5.75 Å². The molecule has 0 N–H and O–H groups in total. The second-order valence-corrected chi connectivity index (χ2v) is 6.83. The monoisotopic (exact) mass is 394 g/mol. The van der Waals surface area contributed by atoms with Crippen molar-refractivity contribution in [1.29, 1.82) is 0 Å². The van der Waals surface area contributed by atoms with E-state index in [-0.39, 0.29) is 0 Å². The number of fused-ring (bicyclic) bond motifs is 3. The average Bonchev–Trinajstić information content (AvgIpc) is 3.40. The predicted molar refractivity (Wildman–Crippen MR) is 103 cm³/mol. The zero-order valence-electron chi connectivity index (χ0n) is 15.1. The quantitative estimate of drug-likeness (QED) is 0.461. The first-order chi connectivity index (χ1) is 13.6. The van der Waals surface area contributed by atoms with Gasteiger partial charge in [-0.2, -0.15) is 5.10 Å². The highest BCUT2D eigenvalue weighted by molar-refractivity contribution is 6.31. The smallest absolute Gasteiger partial charge is 0.217 e. The number of rotatable bonds is 4. The standard InChI is InChI=1S/C19H15ClN6O2/c1-11-7-12(3-5-15(11)20)27-9-13-4-6-16(28-13)17-23-19-14-8-22-25(2)18(14)21-10-26(19)24-17/h3-8,10H,9H2,1-2H3. The Labute approximate surface area is 164 Å². The summed E-state index contributed by atoms with van der Waals surface area (Å²) < 4.78 is 15.0. The van der Waals surface area contributed by atoms with Crippen LogP contribution < -0.4 is 4.74 Å². The number of hydrogen-bond donors (Lipinski definition) is 0. The number of nitrogens with zero attached hydrogens (tertiary/aromatic N) is 6. The normalized spacial score (nSPS) is 11.5. The van der Waals surface area contributed by atoms with E-state index in [1.165, 1.54) is 0 Å². The Kier molecular flexibility index (Phi) is 3.80. The molecule has 0 fully saturated rings. The molecule has 0 radical (unpaired) electrons. The van der Waals surface area contributed by atoms with Crippen LogP contribution in [0.1, 0.15) is 11.3 Å². The van der Waals surface area contributed by atoms with Crippen LogP contribution in [0.3, 0.4) is 0 Å². The molecule has 8 nitrogen and oxygen atoms in total. The van der Waals surface area contributed by atoms with Gasteiger partial charge in [0.15, 0.2) is 17.1 Å². The molecule has 0 aliphatic heterocycles. The highest BCUT2D eigenvalue weighted by atomic mass is 35.5. The Morgan fingerprint density at radius 3 is 2.93 bits per heavy atom. The molecule has 0 saturated carbocycles. The van der Waals surface area contributed by atoms with Crippen molar-refractivity contribution in [2.45, 2.75) is 13.5 Å². The number of aryl methyl sites for hydroxylation is 2. The van der Waals surface area contributed by atoms with Crippen LogP contribution in [0.25, 0.3) is 28.3 Å². The fourth-order valence-corrected chi connectivity index (χ4v) is 3.10. The maximum Gasteiger partial charge on any atom is 0.217 e. The summed E-state index contributed by atoms with van der Waals surface area (Å²) in [6.45, 7) is 2.23. The summed E-state index contributed by atoms with van der Waals surface area (Å²) in [6.07, 6.45) is 3.34. The van der Waals surface area contributed by atoms with E-state index in [2.05, 4.69) is 20.2 Å². The van der Waals surface area contributed by atoms with E-state index >= 15 is 0 Å². The first kappa shape index (κ1) is 16.8. The molecule has 4 aromatic heterocycles. The lowest BCUT2D eigenvalue weighted by Crippen LogP contribution is -1.94. The van der Waals surface area contributed by atoms with Crippen molar-refractivity contribution < 1.29 is 9.15 Å². The van der Waals surface area contributed by atoms with Crippen molar-refractivity contribution >= 4 is 28.3 Å². The molecular weight excluding hydrogens is 380 g/mol. The van der Waals surface area contributed by atoms with Crippen molar-refractivity contribution in [2.24, 2.45) is 7.05 Å². The number of furan rings is 1. The molecule has 4 heterocycles. The van der Waals surface area contributed by atoms with E-state index in [4.69, 9.17) is 20.8 Å². The van der Waals surface area contributed by atoms with Crippen molar-refractivity contribution in [2.75, 3.05) is 0 Å². The molecule has 0 saturated heterocycles. The molecule has 0 bridgehead atoms. The summed E-state index contributed by atoms with van der Waals surface area (Å²) in [7, 11) is 1.84. The van der Waals surface area contributed by atoms with Crippen molar-refractivity contribution in [1.82, 2.24) is 29.4 Å². The number of halogens is 1. The predicted octanol–water partition coefficient (Wildman–Crippen LogP) is 3.81. The Morgan fingerprint density at radius 1 is 1.18 bits per heavy atom. The molecule has 28 heavy (non-hydrogen) atoms. The maximum absolute atomic E-state index is 6.04.